The molecule has 100 valence electrons. The third-order valence-electron chi connectivity index (χ3n) is 4.21. The summed E-state index contributed by atoms with van der Waals surface area (Å²) in [5, 5.41) is 14.3. The summed E-state index contributed by atoms with van der Waals surface area (Å²) in [5.41, 5.74) is 1.54. The molecule has 2 heteroatoms. The molecule has 0 spiro atoms. The first-order valence-electron chi connectivity index (χ1n) is 7.17. The van der Waals surface area contributed by atoms with Gasteiger partial charge in [-0.2, -0.15) is 0 Å². The number of aryl methyl sites for hydroxylation is 1. The predicted molar refractivity (Wildman–Crippen MR) is 75.6 cm³/mol. The number of nitrogens with one attached hydrogen (secondary N) is 1. The lowest BCUT2D eigenvalue weighted by Crippen LogP contribution is -2.41. The van der Waals surface area contributed by atoms with E-state index in [1.165, 1.54) is 31.2 Å². The molecule has 2 N–H and O–H groups in total. The van der Waals surface area contributed by atoms with Crippen molar-refractivity contribution in [2.45, 2.75) is 57.6 Å². The largest absolute Gasteiger partial charge is 0.384 e. The molecule has 1 aliphatic carbocycles. The van der Waals surface area contributed by atoms with Crippen LogP contribution in [0, 0.1) is 6.92 Å². The molecule has 0 aromatic heterocycles. The molecule has 0 saturated heterocycles. The van der Waals surface area contributed by atoms with Crippen molar-refractivity contribution in [2.75, 3.05) is 6.54 Å². The van der Waals surface area contributed by atoms with Crippen molar-refractivity contribution >= 4 is 0 Å². The maximum Gasteiger partial charge on any atom is 0.102 e. The van der Waals surface area contributed by atoms with Crippen LogP contribution in [-0.2, 0) is 5.60 Å². The molecule has 0 radical (unpaired) electrons. The van der Waals surface area contributed by atoms with Crippen LogP contribution >= 0.6 is 0 Å². The second-order valence-electron chi connectivity index (χ2n) is 5.61. The number of hydrogen-bond donors (Lipinski definition) is 2. The van der Waals surface area contributed by atoms with E-state index in [9.17, 15) is 5.11 Å². The lowest BCUT2D eigenvalue weighted by molar-refractivity contribution is 0.0300. The molecule has 1 aromatic carbocycles. The standard InChI is InChI=1S/C16H25NO/c1-3-16(18,12-17-15-6-4-5-7-15)14-10-8-13(2)9-11-14/h8-11,15,17-18H,3-7,12H2,1-2H3. The minimum absolute atomic E-state index is 0.605. The van der Waals surface area contributed by atoms with Crippen molar-refractivity contribution in [1.29, 1.82) is 0 Å². The third-order valence-corrected chi connectivity index (χ3v) is 4.21. The molecule has 1 aromatic rings. The highest BCUT2D eigenvalue weighted by Gasteiger charge is 2.28. The zero-order valence-corrected chi connectivity index (χ0v) is 11.6. The summed E-state index contributed by atoms with van der Waals surface area (Å²) >= 11 is 0. The van der Waals surface area contributed by atoms with Crippen LogP contribution in [0.2, 0.25) is 0 Å². The van der Waals surface area contributed by atoms with Crippen LogP contribution in [0.4, 0.5) is 0 Å². The Morgan fingerprint density at radius 2 is 1.83 bits per heavy atom. The Hall–Kier alpha value is -0.860. The summed E-state index contributed by atoms with van der Waals surface area (Å²) in [5.74, 6) is 0. The number of benzene rings is 1. The van der Waals surface area contributed by atoms with Crippen LogP contribution in [0.3, 0.4) is 0 Å². The topological polar surface area (TPSA) is 32.3 Å². The highest BCUT2D eigenvalue weighted by atomic mass is 16.3. The SMILES string of the molecule is CCC(O)(CNC1CCCC1)c1ccc(C)cc1. The van der Waals surface area contributed by atoms with E-state index in [4.69, 9.17) is 0 Å². The van der Waals surface area contributed by atoms with Gasteiger partial charge < -0.3 is 10.4 Å². The van der Waals surface area contributed by atoms with Gasteiger partial charge in [0.1, 0.15) is 5.60 Å². The first-order valence-corrected chi connectivity index (χ1v) is 7.17. The first kappa shape index (κ1) is 13.6. The van der Waals surface area contributed by atoms with Gasteiger partial charge >= 0.3 is 0 Å². The molecule has 0 heterocycles. The average Bonchev–Trinajstić information content (AvgIpc) is 2.90. The molecule has 1 atom stereocenters. The minimum atomic E-state index is -0.726. The van der Waals surface area contributed by atoms with E-state index in [1.807, 2.05) is 0 Å². The lowest BCUT2D eigenvalue weighted by Gasteiger charge is -2.29. The summed E-state index contributed by atoms with van der Waals surface area (Å²) in [6.07, 6.45) is 5.91. The summed E-state index contributed by atoms with van der Waals surface area (Å²) in [6.45, 7) is 4.79. The van der Waals surface area contributed by atoms with Crippen molar-refractivity contribution < 1.29 is 5.11 Å². The summed E-state index contributed by atoms with van der Waals surface area (Å²) in [7, 11) is 0. The fourth-order valence-corrected chi connectivity index (χ4v) is 2.74. The smallest absolute Gasteiger partial charge is 0.102 e. The normalized spacial score (nSPS) is 19.9. The maximum absolute atomic E-state index is 10.8. The van der Waals surface area contributed by atoms with Crippen molar-refractivity contribution in [3.8, 4) is 0 Å². The fraction of sp³-hybridized carbons (Fsp3) is 0.625. The molecular formula is C16H25NO. The van der Waals surface area contributed by atoms with E-state index in [0.29, 0.717) is 12.6 Å². The number of rotatable bonds is 5. The quantitative estimate of drug-likeness (QED) is 0.838. The monoisotopic (exact) mass is 247 g/mol. The van der Waals surface area contributed by atoms with Gasteiger partial charge in [-0.05, 0) is 31.7 Å². The Balaban J connectivity index is 2.01. The Kier molecular flexibility index (Phi) is 4.41. The molecule has 1 saturated carbocycles. The molecule has 2 nitrogen and oxygen atoms in total. The van der Waals surface area contributed by atoms with Gasteiger partial charge in [0.15, 0.2) is 0 Å². The Morgan fingerprint density at radius 3 is 2.39 bits per heavy atom. The molecule has 1 fully saturated rings. The van der Waals surface area contributed by atoms with E-state index in [2.05, 4.69) is 43.4 Å². The second kappa shape index (κ2) is 5.85. The molecule has 0 amide bonds. The molecule has 0 bridgehead atoms. The summed E-state index contributed by atoms with van der Waals surface area (Å²) in [4.78, 5) is 0. The Labute approximate surface area is 110 Å². The molecular weight excluding hydrogens is 222 g/mol. The molecule has 1 aliphatic rings. The van der Waals surface area contributed by atoms with Crippen LogP contribution in [0.15, 0.2) is 24.3 Å². The van der Waals surface area contributed by atoms with Crippen molar-refractivity contribution in [3.63, 3.8) is 0 Å². The fourth-order valence-electron chi connectivity index (χ4n) is 2.74. The molecule has 18 heavy (non-hydrogen) atoms. The zero-order chi connectivity index (χ0) is 13.0. The van der Waals surface area contributed by atoms with Gasteiger partial charge in [0, 0.05) is 12.6 Å². The predicted octanol–water partition coefficient (Wildman–Crippen LogP) is 3.12. The van der Waals surface area contributed by atoms with Gasteiger partial charge in [0.25, 0.3) is 0 Å². The van der Waals surface area contributed by atoms with Crippen molar-refractivity contribution in [1.82, 2.24) is 5.32 Å². The van der Waals surface area contributed by atoms with Gasteiger partial charge in [0.05, 0.1) is 0 Å². The van der Waals surface area contributed by atoms with E-state index < -0.39 is 5.60 Å². The van der Waals surface area contributed by atoms with Gasteiger partial charge in [-0.15, -0.1) is 0 Å². The first-order chi connectivity index (χ1) is 8.64. The number of hydrogen-bond acceptors (Lipinski definition) is 2. The molecule has 1 unspecified atom stereocenters. The second-order valence-corrected chi connectivity index (χ2v) is 5.61. The summed E-state index contributed by atoms with van der Waals surface area (Å²) in [6, 6.07) is 8.86. The highest BCUT2D eigenvalue weighted by molar-refractivity contribution is 5.26. The van der Waals surface area contributed by atoms with Crippen molar-refractivity contribution in [3.05, 3.63) is 35.4 Å². The lowest BCUT2D eigenvalue weighted by atomic mass is 9.90. The van der Waals surface area contributed by atoms with Gasteiger partial charge in [0.2, 0.25) is 0 Å². The van der Waals surface area contributed by atoms with E-state index >= 15 is 0 Å². The van der Waals surface area contributed by atoms with Gasteiger partial charge in [-0.3, -0.25) is 0 Å². The average molecular weight is 247 g/mol. The van der Waals surface area contributed by atoms with Crippen molar-refractivity contribution in [2.24, 2.45) is 0 Å². The summed E-state index contributed by atoms with van der Waals surface area (Å²) < 4.78 is 0. The zero-order valence-electron chi connectivity index (χ0n) is 11.6. The van der Waals surface area contributed by atoms with E-state index in [-0.39, 0.29) is 0 Å². The third kappa shape index (κ3) is 3.12. The van der Waals surface area contributed by atoms with E-state index in [0.717, 1.165) is 12.0 Å². The van der Waals surface area contributed by atoms with Crippen LogP contribution in [0.1, 0.15) is 50.2 Å². The molecule has 0 aliphatic heterocycles. The van der Waals surface area contributed by atoms with E-state index in [1.54, 1.807) is 0 Å². The Morgan fingerprint density at radius 1 is 1.22 bits per heavy atom. The maximum atomic E-state index is 10.8. The Bertz CT molecular complexity index is 367. The van der Waals surface area contributed by atoms with Gasteiger partial charge in [-0.1, -0.05) is 49.6 Å². The number of aliphatic hydroxyl groups is 1. The van der Waals surface area contributed by atoms with Crippen LogP contribution in [-0.4, -0.2) is 17.7 Å². The van der Waals surface area contributed by atoms with Crippen LogP contribution in [0.5, 0.6) is 0 Å². The minimum Gasteiger partial charge on any atom is -0.384 e. The van der Waals surface area contributed by atoms with Gasteiger partial charge in [-0.25, -0.2) is 0 Å². The highest BCUT2D eigenvalue weighted by Crippen LogP contribution is 2.26. The molecule has 2 rings (SSSR count). The van der Waals surface area contributed by atoms with Crippen LogP contribution in [0.25, 0.3) is 0 Å². The van der Waals surface area contributed by atoms with Crippen LogP contribution < -0.4 is 5.32 Å².